The number of benzene rings is 1. The normalized spacial score (nSPS) is 15.9. The molecule has 1 unspecified atom stereocenters. The fourth-order valence-electron chi connectivity index (χ4n) is 1.84. The van der Waals surface area contributed by atoms with Gasteiger partial charge < -0.3 is 25.8 Å². The van der Waals surface area contributed by atoms with Gasteiger partial charge in [0.25, 0.3) is 5.91 Å². The Bertz CT molecular complexity index is 450. The number of aliphatic hydroxyl groups excluding tert-OH is 1. The molecule has 6 nitrogen and oxygen atoms in total. The average molecular weight is 251 g/mol. The van der Waals surface area contributed by atoms with Crippen LogP contribution >= 0.6 is 0 Å². The van der Waals surface area contributed by atoms with Gasteiger partial charge in [0, 0.05) is 19.3 Å². The largest absolute Gasteiger partial charge is 0.482 e. The molecular weight excluding hydrogens is 234 g/mol. The van der Waals surface area contributed by atoms with Crippen LogP contribution in [0.2, 0.25) is 0 Å². The van der Waals surface area contributed by atoms with E-state index in [0.29, 0.717) is 11.4 Å². The molecule has 0 spiro atoms. The Labute approximate surface area is 105 Å². The van der Waals surface area contributed by atoms with E-state index in [1.54, 1.807) is 13.1 Å². The number of β-amino-alcohol motifs (C(OH)–C–C–N with tert-alkyl or cyclic N) is 1. The van der Waals surface area contributed by atoms with Gasteiger partial charge in [-0.2, -0.15) is 0 Å². The van der Waals surface area contributed by atoms with Crippen molar-refractivity contribution in [3.63, 3.8) is 0 Å². The number of rotatable bonds is 4. The molecule has 0 aliphatic carbocycles. The van der Waals surface area contributed by atoms with Crippen LogP contribution in [-0.4, -0.2) is 43.9 Å². The quantitative estimate of drug-likeness (QED) is 0.688. The Balaban J connectivity index is 2.32. The molecule has 1 aliphatic rings. The van der Waals surface area contributed by atoms with Crippen molar-refractivity contribution in [3.05, 3.63) is 18.2 Å². The van der Waals surface area contributed by atoms with Gasteiger partial charge in [0.2, 0.25) is 0 Å². The molecule has 1 aromatic carbocycles. The number of nitrogens with zero attached hydrogens (tertiary/aromatic N) is 1. The molecule has 6 heteroatoms. The standard InChI is InChI=1S/C12H17N3O3/c1-14-8-2-3-11-10(4-8)15(6-9(16)5-13)12(17)7-18-11/h2-4,9,14,16H,5-7,13H2,1H3. The molecule has 18 heavy (non-hydrogen) atoms. The summed E-state index contributed by atoms with van der Waals surface area (Å²) >= 11 is 0. The molecule has 1 aliphatic heterocycles. The minimum absolute atomic E-state index is 0.0107. The molecule has 2 rings (SSSR count). The summed E-state index contributed by atoms with van der Waals surface area (Å²) in [5, 5.41) is 12.6. The summed E-state index contributed by atoms with van der Waals surface area (Å²) in [6, 6.07) is 5.48. The number of fused-ring (bicyclic) bond motifs is 1. The smallest absolute Gasteiger partial charge is 0.265 e. The van der Waals surface area contributed by atoms with Gasteiger partial charge in [0.05, 0.1) is 18.3 Å². The fourth-order valence-corrected chi connectivity index (χ4v) is 1.84. The lowest BCUT2D eigenvalue weighted by atomic mass is 10.2. The van der Waals surface area contributed by atoms with E-state index in [1.165, 1.54) is 4.90 Å². The maximum atomic E-state index is 11.8. The fraction of sp³-hybridized carbons (Fsp3) is 0.417. The highest BCUT2D eigenvalue weighted by atomic mass is 16.5. The lowest BCUT2D eigenvalue weighted by Crippen LogP contribution is -2.45. The van der Waals surface area contributed by atoms with Crippen molar-refractivity contribution in [1.29, 1.82) is 0 Å². The number of nitrogens with two attached hydrogens (primary N) is 1. The van der Waals surface area contributed by atoms with E-state index in [9.17, 15) is 9.90 Å². The zero-order valence-corrected chi connectivity index (χ0v) is 10.2. The van der Waals surface area contributed by atoms with E-state index in [0.717, 1.165) is 5.69 Å². The molecule has 0 aromatic heterocycles. The number of hydrogen-bond acceptors (Lipinski definition) is 5. The second kappa shape index (κ2) is 5.24. The predicted octanol–water partition coefficient (Wildman–Crippen LogP) is -0.227. The molecule has 0 saturated carbocycles. The minimum Gasteiger partial charge on any atom is -0.482 e. The molecule has 0 saturated heterocycles. The molecule has 0 radical (unpaired) electrons. The Morgan fingerprint density at radius 2 is 2.39 bits per heavy atom. The molecule has 4 N–H and O–H groups in total. The third-order valence-corrected chi connectivity index (χ3v) is 2.86. The van der Waals surface area contributed by atoms with Crippen LogP contribution < -0.4 is 20.7 Å². The number of nitrogens with one attached hydrogen (secondary N) is 1. The first kappa shape index (κ1) is 12.7. The van der Waals surface area contributed by atoms with Crippen molar-refractivity contribution in [2.45, 2.75) is 6.10 Å². The number of aliphatic hydroxyl groups is 1. The van der Waals surface area contributed by atoms with Crippen molar-refractivity contribution < 1.29 is 14.6 Å². The molecule has 98 valence electrons. The molecule has 1 amide bonds. The van der Waals surface area contributed by atoms with Crippen LogP contribution in [0.3, 0.4) is 0 Å². The maximum absolute atomic E-state index is 11.8. The first-order valence-electron chi connectivity index (χ1n) is 5.78. The van der Waals surface area contributed by atoms with E-state index < -0.39 is 6.10 Å². The summed E-state index contributed by atoms with van der Waals surface area (Å²) in [5.74, 6) is 0.459. The highest BCUT2D eigenvalue weighted by molar-refractivity contribution is 5.98. The Morgan fingerprint density at radius 1 is 1.61 bits per heavy atom. The van der Waals surface area contributed by atoms with Crippen LogP contribution in [-0.2, 0) is 4.79 Å². The van der Waals surface area contributed by atoms with Gasteiger partial charge in [-0.1, -0.05) is 0 Å². The lowest BCUT2D eigenvalue weighted by molar-refractivity contribution is -0.121. The number of ether oxygens (including phenoxy) is 1. The molecule has 0 bridgehead atoms. The predicted molar refractivity (Wildman–Crippen MR) is 68.9 cm³/mol. The summed E-state index contributed by atoms with van der Waals surface area (Å²) in [6.07, 6.45) is -0.738. The zero-order chi connectivity index (χ0) is 13.1. The van der Waals surface area contributed by atoms with Gasteiger partial charge in [-0.05, 0) is 18.2 Å². The molecular formula is C12H17N3O3. The van der Waals surface area contributed by atoms with Crippen LogP contribution in [0, 0.1) is 0 Å². The number of carbonyl (C=O) groups excluding carboxylic acids is 1. The highest BCUT2D eigenvalue weighted by Gasteiger charge is 2.27. The van der Waals surface area contributed by atoms with E-state index in [2.05, 4.69) is 5.32 Å². The summed E-state index contributed by atoms with van der Waals surface area (Å²) < 4.78 is 5.35. The van der Waals surface area contributed by atoms with Crippen molar-refractivity contribution in [2.24, 2.45) is 5.73 Å². The van der Waals surface area contributed by atoms with E-state index in [1.807, 2.05) is 12.1 Å². The first-order valence-corrected chi connectivity index (χ1v) is 5.78. The SMILES string of the molecule is CNc1ccc2c(c1)N(CC(O)CN)C(=O)CO2. The summed E-state index contributed by atoms with van der Waals surface area (Å²) in [5.41, 5.74) is 6.91. The molecule has 1 heterocycles. The van der Waals surface area contributed by atoms with Crippen LogP contribution in [0.5, 0.6) is 5.75 Å². The summed E-state index contributed by atoms with van der Waals surface area (Å²) in [7, 11) is 1.80. The van der Waals surface area contributed by atoms with Crippen LogP contribution in [0.4, 0.5) is 11.4 Å². The van der Waals surface area contributed by atoms with Crippen molar-refractivity contribution in [1.82, 2.24) is 0 Å². The van der Waals surface area contributed by atoms with Gasteiger partial charge in [-0.15, -0.1) is 0 Å². The van der Waals surface area contributed by atoms with Crippen molar-refractivity contribution in [3.8, 4) is 5.75 Å². The second-order valence-electron chi connectivity index (χ2n) is 4.12. The number of hydrogen-bond donors (Lipinski definition) is 3. The van der Waals surface area contributed by atoms with Gasteiger partial charge in [0.15, 0.2) is 6.61 Å². The average Bonchev–Trinajstić information content (AvgIpc) is 2.41. The zero-order valence-electron chi connectivity index (χ0n) is 10.2. The van der Waals surface area contributed by atoms with Crippen LogP contribution in [0.25, 0.3) is 0 Å². The topological polar surface area (TPSA) is 87.8 Å². The van der Waals surface area contributed by atoms with Crippen LogP contribution in [0.15, 0.2) is 18.2 Å². The molecule has 0 fully saturated rings. The lowest BCUT2D eigenvalue weighted by Gasteiger charge is -2.31. The Morgan fingerprint density at radius 3 is 3.06 bits per heavy atom. The Hall–Kier alpha value is -1.79. The minimum atomic E-state index is -0.738. The monoisotopic (exact) mass is 251 g/mol. The first-order chi connectivity index (χ1) is 8.65. The van der Waals surface area contributed by atoms with Gasteiger partial charge in [-0.25, -0.2) is 0 Å². The molecule has 1 aromatic rings. The summed E-state index contributed by atoms with van der Waals surface area (Å²) in [6.45, 7) is 0.285. The Kier molecular flexibility index (Phi) is 3.69. The maximum Gasteiger partial charge on any atom is 0.265 e. The van der Waals surface area contributed by atoms with Gasteiger partial charge in [0.1, 0.15) is 5.75 Å². The second-order valence-corrected chi connectivity index (χ2v) is 4.12. The third-order valence-electron chi connectivity index (χ3n) is 2.86. The van der Waals surface area contributed by atoms with Crippen LogP contribution in [0.1, 0.15) is 0 Å². The van der Waals surface area contributed by atoms with E-state index in [4.69, 9.17) is 10.5 Å². The van der Waals surface area contributed by atoms with Crippen molar-refractivity contribution in [2.75, 3.05) is 37.0 Å². The number of amides is 1. The summed E-state index contributed by atoms with van der Waals surface area (Å²) in [4.78, 5) is 13.3. The van der Waals surface area contributed by atoms with E-state index >= 15 is 0 Å². The van der Waals surface area contributed by atoms with Gasteiger partial charge >= 0.3 is 0 Å². The van der Waals surface area contributed by atoms with E-state index in [-0.39, 0.29) is 25.6 Å². The molecule has 1 atom stereocenters. The van der Waals surface area contributed by atoms with Crippen molar-refractivity contribution >= 4 is 17.3 Å². The number of carbonyl (C=O) groups is 1. The highest BCUT2D eigenvalue weighted by Crippen LogP contribution is 2.34. The third kappa shape index (κ3) is 2.39. The van der Waals surface area contributed by atoms with Gasteiger partial charge in [-0.3, -0.25) is 4.79 Å². The number of anilines is 2.